The molecule has 0 radical (unpaired) electrons. The highest BCUT2D eigenvalue weighted by Crippen LogP contribution is 2.62. The van der Waals surface area contributed by atoms with Crippen LogP contribution in [0.2, 0.25) is 5.02 Å². The Morgan fingerprint density at radius 2 is 1.97 bits per heavy atom. The number of ketones is 1. The van der Waals surface area contributed by atoms with Gasteiger partial charge in [-0.05, 0) is 115 Å². The first-order chi connectivity index (χ1) is 16.2. The standard InChI is InChI=1S/C30H33ClO3/c1-29-17-16-24-23-12-10-22(34-3)18-20(23)7-11-25(24)26(29)13-14-27(29)30(2,33)28(32)15-6-19-4-8-21(31)9-5-19/h4-6,8-10,12,14-15,18,24-26,33H,7,11,13,16-17H2,1-3H3/b15-6+/t24-,25-,26+,29+,30-/m1/s1. The summed E-state index contributed by atoms with van der Waals surface area (Å²) in [7, 11) is 1.73. The Bertz CT molecular complexity index is 1160. The van der Waals surface area contributed by atoms with E-state index in [9.17, 15) is 9.90 Å². The van der Waals surface area contributed by atoms with Crippen molar-refractivity contribution in [3.8, 4) is 5.75 Å². The van der Waals surface area contributed by atoms with Crippen LogP contribution < -0.4 is 4.74 Å². The summed E-state index contributed by atoms with van der Waals surface area (Å²) in [6, 6.07) is 13.9. The zero-order chi connectivity index (χ0) is 24.1. The van der Waals surface area contributed by atoms with Gasteiger partial charge in [-0.3, -0.25) is 4.79 Å². The van der Waals surface area contributed by atoms with Gasteiger partial charge < -0.3 is 9.84 Å². The highest BCUT2D eigenvalue weighted by Gasteiger charge is 2.56. The number of carbonyl (C=O) groups excluding carboxylic acids is 1. The molecule has 0 spiro atoms. The molecule has 34 heavy (non-hydrogen) atoms. The van der Waals surface area contributed by atoms with E-state index in [1.165, 1.54) is 17.2 Å². The zero-order valence-corrected chi connectivity index (χ0v) is 20.9. The predicted molar refractivity (Wildman–Crippen MR) is 137 cm³/mol. The van der Waals surface area contributed by atoms with Crippen molar-refractivity contribution in [2.45, 2.75) is 57.5 Å². The molecule has 0 unspecified atom stereocenters. The van der Waals surface area contributed by atoms with E-state index in [0.717, 1.165) is 49.0 Å². The second kappa shape index (κ2) is 8.70. The number of aryl methyl sites for hydroxylation is 1. The summed E-state index contributed by atoms with van der Waals surface area (Å²) in [6.45, 7) is 3.95. The molecule has 4 heteroatoms. The minimum absolute atomic E-state index is 0.154. The van der Waals surface area contributed by atoms with Crippen molar-refractivity contribution in [1.29, 1.82) is 0 Å². The van der Waals surface area contributed by atoms with Gasteiger partial charge >= 0.3 is 0 Å². The lowest BCUT2D eigenvalue weighted by Crippen LogP contribution is -2.47. The fraction of sp³-hybridized carbons (Fsp3) is 0.433. The Hall–Kier alpha value is -2.36. The highest BCUT2D eigenvalue weighted by atomic mass is 35.5. The highest BCUT2D eigenvalue weighted by molar-refractivity contribution is 6.30. The predicted octanol–water partition coefficient (Wildman–Crippen LogP) is 6.77. The molecular formula is C30H33ClO3. The molecule has 0 aliphatic heterocycles. The number of benzene rings is 2. The fourth-order valence-corrected chi connectivity index (χ4v) is 7.17. The number of hydrogen-bond donors (Lipinski definition) is 1. The average molecular weight is 477 g/mol. The van der Waals surface area contributed by atoms with Crippen molar-refractivity contribution in [3.63, 3.8) is 0 Å². The van der Waals surface area contributed by atoms with E-state index >= 15 is 0 Å². The van der Waals surface area contributed by atoms with Gasteiger partial charge in [0.05, 0.1) is 7.11 Å². The molecule has 0 saturated heterocycles. The molecule has 2 aromatic carbocycles. The molecule has 1 saturated carbocycles. The molecule has 5 atom stereocenters. The maximum Gasteiger partial charge on any atom is 0.191 e. The van der Waals surface area contributed by atoms with E-state index in [-0.39, 0.29) is 11.2 Å². The molecule has 0 aromatic heterocycles. The molecule has 0 amide bonds. The fourth-order valence-electron chi connectivity index (χ4n) is 7.05. The molecule has 5 rings (SSSR count). The third-order valence-corrected chi connectivity index (χ3v) is 9.07. The summed E-state index contributed by atoms with van der Waals surface area (Å²) in [4.78, 5) is 13.2. The van der Waals surface area contributed by atoms with Gasteiger partial charge in [0.15, 0.2) is 5.78 Å². The first kappa shape index (κ1) is 23.4. The van der Waals surface area contributed by atoms with Gasteiger partial charge in [-0.25, -0.2) is 0 Å². The minimum Gasteiger partial charge on any atom is -0.497 e. The normalized spacial score (nSPS) is 29.6. The summed E-state index contributed by atoms with van der Waals surface area (Å²) >= 11 is 5.96. The van der Waals surface area contributed by atoms with Gasteiger partial charge in [0, 0.05) is 5.02 Å². The van der Waals surface area contributed by atoms with Gasteiger partial charge in [0.25, 0.3) is 0 Å². The molecule has 0 bridgehead atoms. The number of fused-ring (bicyclic) bond motifs is 5. The summed E-state index contributed by atoms with van der Waals surface area (Å²) < 4.78 is 5.45. The van der Waals surface area contributed by atoms with Crippen LogP contribution in [0.1, 0.15) is 62.1 Å². The summed E-state index contributed by atoms with van der Waals surface area (Å²) in [5.41, 5.74) is 3.04. The number of carbonyl (C=O) groups is 1. The van der Waals surface area contributed by atoms with Gasteiger partial charge in [0.2, 0.25) is 0 Å². The van der Waals surface area contributed by atoms with E-state index in [1.807, 2.05) is 12.1 Å². The number of halogens is 1. The zero-order valence-electron chi connectivity index (χ0n) is 20.2. The Balaban J connectivity index is 1.37. The second-order valence-electron chi connectivity index (χ2n) is 10.6. The number of ether oxygens (including phenoxy) is 1. The summed E-state index contributed by atoms with van der Waals surface area (Å²) in [6.07, 6.45) is 10.7. The monoisotopic (exact) mass is 476 g/mol. The quantitative estimate of drug-likeness (QED) is 0.382. The molecule has 0 heterocycles. The smallest absolute Gasteiger partial charge is 0.191 e. The second-order valence-corrected chi connectivity index (χ2v) is 11.0. The van der Waals surface area contributed by atoms with E-state index in [2.05, 4.69) is 31.2 Å². The van der Waals surface area contributed by atoms with E-state index in [1.54, 1.807) is 32.2 Å². The van der Waals surface area contributed by atoms with Crippen molar-refractivity contribution in [1.82, 2.24) is 0 Å². The van der Waals surface area contributed by atoms with Crippen molar-refractivity contribution < 1.29 is 14.6 Å². The third-order valence-electron chi connectivity index (χ3n) is 8.82. The molecule has 1 fully saturated rings. The van der Waals surface area contributed by atoms with E-state index < -0.39 is 5.60 Å². The van der Waals surface area contributed by atoms with Gasteiger partial charge in [-0.1, -0.05) is 48.9 Å². The maximum absolute atomic E-state index is 13.2. The van der Waals surface area contributed by atoms with Crippen molar-refractivity contribution in [3.05, 3.63) is 81.9 Å². The Kier molecular flexibility index (Phi) is 5.98. The summed E-state index contributed by atoms with van der Waals surface area (Å²) in [5, 5.41) is 12.2. The van der Waals surface area contributed by atoms with Crippen LogP contribution in [0.15, 0.2) is 60.2 Å². The van der Waals surface area contributed by atoms with Crippen LogP contribution in [-0.4, -0.2) is 23.6 Å². The molecule has 3 nitrogen and oxygen atoms in total. The van der Waals surface area contributed by atoms with Crippen LogP contribution in [0.5, 0.6) is 5.75 Å². The summed E-state index contributed by atoms with van der Waals surface area (Å²) in [5.74, 6) is 2.24. The van der Waals surface area contributed by atoms with E-state index in [0.29, 0.717) is 22.8 Å². The Labute approximate surface area is 207 Å². The number of hydrogen-bond acceptors (Lipinski definition) is 3. The minimum atomic E-state index is -1.50. The largest absolute Gasteiger partial charge is 0.497 e. The number of rotatable bonds is 5. The Morgan fingerprint density at radius 1 is 1.21 bits per heavy atom. The molecule has 3 aliphatic carbocycles. The van der Waals surface area contributed by atoms with Crippen LogP contribution in [0.25, 0.3) is 6.08 Å². The van der Waals surface area contributed by atoms with E-state index in [4.69, 9.17) is 16.3 Å². The van der Waals surface area contributed by atoms with Gasteiger partial charge in [0.1, 0.15) is 11.4 Å². The van der Waals surface area contributed by atoms with Crippen LogP contribution in [-0.2, 0) is 11.2 Å². The van der Waals surface area contributed by atoms with Crippen molar-refractivity contribution >= 4 is 23.5 Å². The SMILES string of the molecule is COc1ccc2c(c1)CC[C@@H]1[C@@H]2CC[C@]2(C)C([C@@](C)(O)C(=O)/C=C/c3ccc(Cl)cc3)=CC[C@@H]12. The topological polar surface area (TPSA) is 46.5 Å². The molecule has 178 valence electrons. The first-order valence-corrected chi connectivity index (χ1v) is 12.7. The number of methoxy groups -OCH3 is 1. The molecule has 3 aliphatic rings. The van der Waals surface area contributed by atoms with Crippen LogP contribution in [0.3, 0.4) is 0 Å². The lowest BCUT2D eigenvalue weighted by Gasteiger charge is -2.51. The van der Waals surface area contributed by atoms with Crippen LogP contribution in [0.4, 0.5) is 0 Å². The number of allylic oxidation sites excluding steroid dienone is 1. The van der Waals surface area contributed by atoms with Crippen molar-refractivity contribution in [2.24, 2.45) is 17.3 Å². The first-order valence-electron chi connectivity index (χ1n) is 12.3. The van der Waals surface area contributed by atoms with Crippen LogP contribution >= 0.6 is 11.6 Å². The maximum atomic E-state index is 13.2. The van der Waals surface area contributed by atoms with Gasteiger partial charge in [-0.2, -0.15) is 0 Å². The van der Waals surface area contributed by atoms with Crippen molar-refractivity contribution in [2.75, 3.05) is 7.11 Å². The lowest BCUT2D eigenvalue weighted by molar-refractivity contribution is -0.129. The Morgan fingerprint density at radius 3 is 2.71 bits per heavy atom. The lowest BCUT2D eigenvalue weighted by atomic mass is 9.53. The van der Waals surface area contributed by atoms with Gasteiger partial charge in [-0.15, -0.1) is 0 Å². The van der Waals surface area contributed by atoms with Crippen LogP contribution in [0, 0.1) is 17.3 Å². The number of aliphatic hydroxyl groups is 1. The third kappa shape index (κ3) is 3.83. The molecule has 1 N–H and O–H groups in total. The average Bonchev–Trinajstić information content (AvgIpc) is 3.21. The molecule has 2 aromatic rings. The molecular weight excluding hydrogens is 444 g/mol.